The number of carbonyl (C=O) groups is 2. The Kier molecular flexibility index (Phi) is 6.95. The number of benzene rings is 1. The Balaban J connectivity index is 2.56. The van der Waals surface area contributed by atoms with Crippen LogP contribution in [0.25, 0.3) is 0 Å². The number of rotatable bonds is 7. The van der Waals surface area contributed by atoms with E-state index < -0.39 is 11.9 Å². The molecule has 0 aromatic heterocycles. The number of halogens is 1. The highest BCUT2D eigenvalue weighted by molar-refractivity contribution is 8.00. The zero-order chi connectivity index (χ0) is 14.3. The van der Waals surface area contributed by atoms with E-state index in [1.165, 1.54) is 11.8 Å². The van der Waals surface area contributed by atoms with Crippen LogP contribution >= 0.6 is 23.4 Å². The van der Waals surface area contributed by atoms with Gasteiger partial charge in [-0.25, -0.2) is 0 Å². The van der Waals surface area contributed by atoms with Crippen molar-refractivity contribution in [3.05, 3.63) is 29.3 Å². The largest absolute Gasteiger partial charge is 0.465 e. The summed E-state index contributed by atoms with van der Waals surface area (Å²) in [4.78, 5) is 24.5. The lowest BCUT2D eigenvalue weighted by Gasteiger charge is -2.12. The number of hydrogen-bond acceptors (Lipinski definition) is 4. The highest BCUT2D eigenvalue weighted by Gasteiger charge is 2.25. The number of carbonyl (C=O) groups excluding carboxylic acids is 2. The maximum atomic E-state index is 12.0. The fourth-order valence-corrected chi connectivity index (χ4v) is 2.73. The number of hydrogen-bond donors (Lipinski definition) is 0. The molecule has 0 aliphatic carbocycles. The summed E-state index contributed by atoms with van der Waals surface area (Å²) in [6.45, 7) is 3.84. The molecule has 1 rings (SSSR count). The van der Waals surface area contributed by atoms with Crippen LogP contribution in [0.3, 0.4) is 0 Å². The molecular weight excluding hydrogens is 284 g/mol. The maximum absolute atomic E-state index is 12.0. The molecule has 3 nitrogen and oxygen atoms in total. The summed E-state index contributed by atoms with van der Waals surface area (Å²) < 4.78 is 4.90. The highest BCUT2D eigenvalue weighted by atomic mass is 35.5. The molecule has 0 amide bonds. The summed E-state index contributed by atoms with van der Waals surface area (Å²) in [6, 6.07) is 7.29. The van der Waals surface area contributed by atoms with Gasteiger partial charge in [-0.3, -0.25) is 9.59 Å². The maximum Gasteiger partial charge on any atom is 0.316 e. The summed E-state index contributed by atoms with van der Waals surface area (Å²) >= 11 is 7.25. The van der Waals surface area contributed by atoms with Gasteiger partial charge in [0.1, 0.15) is 5.92 Å². The van der Waals surface area contributed by atoms with E-state index >= 15 is 0 Å². The minimum absolute atomic E-state index is 0.106. The number of Topliss-reactive ketones (excluding diaryl/α,β-unsaturated/α-hetero) is 1. The van der Waals surface area contributed by atoms with Crippen molar-refractivity contribution in [1.29, 1.82) is 0 Å². The Labute approximate surface area is 122 Å². The third-order valence-corrected chi connectivity index (χ3v) is 3.80. The van der Waals surface area contributed by atoms with Crippen molar-refractivity contribution in [2.75, 3.05) is 12.4 Å². The number of esters is 1. The van der Waals surface area contributed by atoms with E-state index in [1.807, 2.05) is 19.1 Å². The fraction of sp³-hybridized carbons (Fsp3) is 0.429. The van der Waals surface area contributed by atoms with Gasteiger partial charge in [0.2, 0.25) is 0 Å². The standard InChI is InChI=1S/C14H17ClO3S/c1-3-12(14(17)18-4-2)13(16)9-19-11-7-5-6-10(15)8-11/h5-8,12H,3-4,9H2,1-2H3. The van der Waals surface area contributed by atoms with Crippen LogP contribution in [0, 0.1) is 5.92 Å². The molecule has 104 valence electrons. The molecule has 1 atom stereocenters. The minimum atomic E-state index is -0.661. The predicted octanol–water partition coefficient (Wildman–Crippen LogP) is 3.59. The van der Waals surface area contributed by atoms with Crippen LogP contribution in [-0.2, 0) is 14.3 Å². The summed E-state index contributed by atoms with van der Waals surface area (Å²) in [5.74, 6) is -0.947. The molecule has 0 spiro atoms. The smallest absolute Gasteiger partial charge is 0.316 e. The monoisotopic (exact) mass is 300 g/mol. The van der Waals surface area contributed by atoms with Crippen molar-refractivity contribution < 1.29 is 14.3 Å². The lowest BCUT2D eigenvalue weighted by atomic mass is 10.0. The molecule has 0 aliphatic rings. The molecule has 0 saturated heterocycles. The van der Waals surface area contributed by atoms with Crippen molar-refractivity contribution in [2.45, 2.75) is 25.2 Å². The van der Waals surface area contributed by atoms with Crippen LogP contribution in [0.5, 0.6) is 0 Å². The van der Waals surface area contributed by atoms with Crippen molar-refractivity contribution in [2.24, 2.45) is 5.92 Å². The third kappa shape index (κ3) is 5.25. The first kappa shape index (κ1) is 16.1. The fourth-order valence-electron chi connectivity index (χ4n) is 1.58. The van der Waals surface area contributed by atoms with Crippen molar-refractivity contribution in [3.8, 4) is 0 Å². The van der Waals surface area contributed by atoms with Crippen molar-refractivity contribution in [3.63, 3.8) is 0 Å². The highest BCUT2D eigenvalue weighted by Crippen LogP contribution is 2.23. The second kappa shape index (κ2) is 8.23. The van der Waals surface area contributed by atoms with E-state index in [0.29, 0.717) is 18.1 Å². The molecule has 19 heavy (non-hydrogen) atoms. The summed E-state index contributed by atoms with van der Waals surface area (Å²) in [7, 11) is 0. The molecule has 5 heteroatoms. The normalized spacial score (nSPS) is 11.9. The van der Waals surface area contributed by atoms with Crippen LogP contribution in [0.1, 0.15) is 20.3 Å². The average Bonchev–Trinajstić information content (AvgIpc) is 2.37. The molecule has 1 aromatic rings. The Hall–Kier alpha value is -1.00. The van der Waals surface area contributed by atoms with E-state index in [4.69, 9.17) is 16.3 Å². The zero-order valence-corrected chi connectivity index (χ0v) is 12.6. The van der Waals surface area contributed by atoms with Gasteiger partial charge in [0.25, 0.3) is 0 Å². The Bertz CT molecular complexity index is 448. The first-order valence-electron chi connectivity index (χ1n) is 6.16. The molecule has 0 radical (unpaired) electrons. The summed E-state index contributed by atoms with van der Waals surface area (Å²) in [5, 5.41) is 0.634. The van der Waals surface area contributed by atoms with Gasteiger partial charge in [0.15, 0.2) is 5.78 Å². The van der Waals surface area contributed by atoms with Crippen LogP contribution in [0.2, 0.25) is 5.02 Å². The molecule has 0 heterocycles. The van der Waals surface area contributed by atoms with E-state index in [1.54, 1.807) is 19.1 Å². The quantitative estimate of drug-likeness (QED) is 0.438. The van der Waals surface area contributed by atoms with Gasteiger partial charge in [0, 0.05) is 9.92 Å². The Morgan fingerprint density at radius 2 is 2.11 bits per heavy atom. The Morgan fingerprint density at radius 1 is 1.37 bits per heavy atom. The lowest BCUT2D eigenvalue weighted by molar-refractivity contribution is -0.151. The number of thioether (sulfide) groups is 1. The molecule has 0 N–H and O–H groups in total. The zero-order valence-electron chi connectivity index (χ0n) is 11.0. The second-order valence-corrected chi connectivity index (χ2v) is 5.41. The molecular formula is C14H17ClO3S. The van der Waals surface area contributed by atoms with Gasteiger partial charge < -0.3 is 4.74 Å². The third-order valence-electron chi connectivity index (χ3n) is 2.55. The first-order chi connectivity index (χ1) is 9.08. The molecule has 1 aromatic carbocycles. The molecule has 0 saturated carbocycles. The molecule has 0 fully saturated rings. The lowest BCUT2D eigenvalue weighted by Crippen LogP contribution is -2.27. The summed E-state index contributed by atoms with van der Waals surface area (Å²) in [5.41, 5.74) is 0. The average molecular weight is 301 g/mol. The minimum Gasteiger partial charge on any atom is -0.465 e. The molecule has 0 aliphatic heterocycles. The Morgan fingerprint density at radius 3 is 2.68 bits per heavy atom. The first-order valence-corrected chi connectivity index (χ1v) is 7.52. The van der Waals surface area contributed by atoms with E-state index in [2.05, 4.69) is 0 Å². The number of ketones is 1. The van der Waals surface area contributed by atoms with Gasteiger partial charge in [-0.15, -0.1) is 11.8 Å². The van der Waals surface area contributed by atoms with Gasteiger partial charge in [-0.1, -0.05) is 24.6 Å². The predicted molar refractivity (Wildman–Crippen MR) is 77.6 cm³/mol. The molecule has 0 bridgehead atoms. The molecule has 1 unspecified atom stereocenters. The van der Waals surface area contributed by atoms with Gasteiger partial charge in [-0.2, -0.15) is 0 Å². The van der Waals surface area contributed by atoms with Crippen molar-refractivity contribution >= 4 is 35.1 Å². The SMILES string of the molecule is CCOC(=O)C(CC)C(=O)CSc1cccc(Cl)c1. The van der Waals surface area contributed by atoms with Gasteiger partial charge in [0.05, 0.1) is 12.4 Å². The van der Waals surface area contributed by atoms with E-state index in [9.17, 15) is 9.59 Å². The van der Waals surface area contributed by atoms with Gasteiger partial charge >= 0.3 is 5.97 Å². The van der Waals surface area contributed by atoms with Crippen molar-refractivity contribution in [1.82, 2.24) is 0 Å². The van der Waals surface area contributed by atoms with Crippen LogP contribution in [0.4, 0.5) is 0 Å². The van der Waals surface area contributed by atoms with Gasteiger partial charge in [-0.05, 0) is 31.5 Å². The summed E-state index contributed by atoms with van der Waals surface area (Å²) in [6.07, 6.45) is 0.466. The number of ether oxygens (including phenoxy) is 1. The topological polar surface area (TPSA) is 43.4 Å². The van der Waals surface area contributed by atoms with E-state index in [-0.39, 0.29) is 11.5 Å². The van der Waals surface area contributed by atoms with E-state index in [0.717, 1.165) is 4.90 Å². The van der Waals surface area contributed by atoms with Crippen LogP contribution in [-0.4, -0.2) is 24.1 Å². The second-order valence-electron chi connectivity index (χ2n) is 3.93. The van der Waals surface area contributed by atoms with Crippen LogP contribution in [0.15, 0.2) is 29.2 Å². The van der Waals surface area contributed by atoms with Crippen LogP contribution < -0.4 is 0 Å².